The van der Waals surface area contributed by atoms with Crippen molar-refractivity contribution in [2.45, 2.75) is 33.2 Å². The Morgan fingerprint density at radius 1 is 1.41 bits per heavy atom. The molecule has 0 bridgehead atoms. The molecule has 0 heterocycles. The monoisotopic (exact) mass is 282 g/mol. The first-order valence-corrected chi connectivity index (χ1v) is 8.35. The van der Waals surface area contributed by atoms with Crippen LogP contribution in [0.2, 0.25) is 0 Å². The molecule has 1 N–H and O–H groups in total. The van der Waals surface area contributed by atoms with Crippen LogP contribution in [0.15, 0.2) is 0 Å². The van der Waals surface area contributed by atoms with Crippen molar-refractivity contribution in [1.82, 2.24) is 9.76 Å². The molecule has 0 aromatic rings. The fraction of sp³-hybridized carbons (Fsp3) is 0.909. The quantitative estimate of drug-likeness (QED) is 0.401. The predicted molar refractivity (Wildman–Crippen MR) is 74.7 cm³/mol. The lowest BCUT2D eigenvalue weighted by Gasteiger charge is -2.29. The van der Waals surface area contributed by atoms with Gasteiger partial charge in [-0.3, -0.25) is 14.6 Å². The first kappa shape index (κ1) is 17.1. The Balaban J connectivity index is 4.36. The van der Waals surface area contributed by atoms with Gasteiger partial charge in [-0.25, -0.2) is 0 Å². The van der Waals surface area contributed by atoms with Crippen LogP contribution in [-0.2, 0) is 9.53 Å². The van der Waals surface area contributed by atoms with E-state index in [2.05, 4.69) is 30.3 Å². The van der Waals surface area contributed by atoms with Gasteiger partial charge < -0.3 is 4.74 Å². The smallest absolute Gasteiger partial charge is 0.323 e. The third kappa shape index (κ3) is 6.56. The van der Waals surface area contributed by atoms with Crippen LogP contribution in [0.5, 0.6) is 0 Å². The van der Waals surface area contributed by atoms with Gasteiger partial charge in [0.15, 0.2) is 0 Å². The van der Waals surface area contributed by atoms with Gasteiger partial charge in [-0.2, -0.15) is 0 Å². The molecule has 0 radical (unpaired) electrons. The van der Waals surface area contributed by atoms with E-state index in [1.807, 2.05) is 6.92 Å². The minimum Gasteiger partial charge on any atom is -0.465 e. The molecule has 0 aliphatic rings. The molecular weight excluding hydrogens is 259 g/mol. The Labute approximate surface area is 111 Å². The van der Waals surface area contributed by atoms with Gasteiger partial charge in [0.1, 0.15) is 6.04 Å². The minimum atomic E-state index is -0.514. The maximum absolute atomic E-state index is 11.7. The van der Waals surface area contributed by atoms with E-state index in [1.165, 1.54) is 0 Å². The van der Waals surface area contributed by atoms with E-state index in [1.54, 1.807) is 0 Å². The van der Waals surface area contributed by atoms with E-state index in [-0.39, 0.29) is 12.0 Å². The van der Waals surface area contributed by atoms with E-state index in [0.29, 0.717) is 18.9 Å². The molecule has 0 amide bonds. The molecule has 0 saturated carbocycles. The number of carbonyl (C=O) groups excluding carboxylic acids is 1. The van der Waals surface area contributed by atoms with Crippen molar-refractivity contribution in [3.8, 4) is 0 Å². The molecule has 0 spiro atoms. The van der Waals surface area contributed by atoms with Crippen molar-refractivity contribution in [3.05, 3.63) is 0 Å². The number of esters is 1. The highest BCUT2D eigenvalue weighted by Crippen LogP contribution is 2.31. The summed E-state index contributed by atoms with van der Waals surface area (Å²) in [6.45, 7) is 10.5. The van der Waals surface area contributed by atoms with Crippen LogP contribution in [0, 0.1) is 0 Å². The minimum absolute atomic E-state index is 0.199. The van der Waals surface area contributed by atoms with Gasteiger partial charge in [-0.05, 0) is 20.0 Å². The summed E-state index contributed by atoms with van der Waals surface area (Å²) in [5.74, 6) is 0.257. The highest BCUT2D eigenvalue weighted by Gasteiger charge is 2.22. The fourth-order valence-electron chi connectivity index (χ4n) is 1.54. The zero-order chi connectivity index (χ0) is 13.3. The summed E-state index contributed by atoms with van der Waals surface area (Å²) in [6.07, 6.45) is 0.605. The van der Waals surface area contributed by atoms with Crippen molar-refractivity contribution in [1.29, 1.82) is 0 Å². The summed E-state index contributed by atoms with van der Waals surface area (Å²) in [5, 5.41) is 3.34. The number of rotatable bonds is 9. The number of halogens is 1. The molecule has 0 aromatic carbocycles. The Kier molecular flexibility index (Phi) is 10.1. The van der Waals surface area contributed by atoms with E-state index >= 15 is 0 Å². The largest absolute Gasteiger partial charge is 0.465 e. The van der Waals surface area contributed by atoms with Crippen LogP contribution in [0.3, 0.4) is 0 Å². The molecule has 1 unspecified atom stereocenters. The number of carbonyl (C=O) groups is 1. The standard InChI is InChI=1S/C11H24ClN2O2P/c1-5-14(6-2)17(4)13-10(8-9-12)11(15)16-7-3/h10,13H,5-9H2,1-4H3/t10-,17?/m0/s1. The number of nitrogens with zero attached hydrogens (tertiary/aromatic N) is 1. The summed E-state index contributed by atoms with van der Waals surface area (Å²) >= 11 is 5.72. The second-order valence-electron chi connectivity index (χ2n) is 3.57. The molecule has 102 valence electrons. The molecule has 0 rings (SSSR count). The van der Waals surface area contributed by atoms with Crippen LogP contribution in [-0.4, -0.2) is 48.9 Å². The SMILES string of the molecule is CCOC(=O)[C@H](CCCl)NP(C)N(CC)CC. The molecule has 0 aliphatic carbocycles. The second-order valence-corrected chi connectivity index (χ2v) is 5.82. The fourth-order valence-corrected chi connectivity index (χ4v) is 3.46. The summed E-state index contributed by atoms with van der Waals surface area (Å²) in [5.41, 5.74) is 0. The van der Waals surface area contributed by atoms with Crippen LogP contribution >= 0.6 is 19.8 Å². The summed E-state index contributed by atoms with van der Waals surface area (Å²) in [6, 6.07) is -0.288. The van der Waals surface area contributed by atoms with Crippen molar-refractivity contribution < 1.29 is 9.53 Å². The molecule has 0 aromatic heterocycles. The zero-order valence-corrected chi connectivity index (χ0v) is 12.9. The molecule has 17 heavy (non-hydrogen) atoms. The third-order valence-electron chi connectivity index (χ3n) is 2.47. The maximum Gasteiger partial charge on any atom is 0.323 e. The second kappa shape index (κ2) is 10.1. The van der Waals surface area contributed by atoms with Crippen molar-refractivity contribution in [2.75, 3.05) is 32.2 Å². The summed E-state index contributed by atoms with van der Waals surface area (Å²) in [7, 11) is -0.514. The van der Waals surface area contributed by atoms with Gasteiger partial charge in [0.05, 0.1) is 6.61 Å². The van der Waals surface area contributed by atoms with E-state index < -0.39 is 8.22 Å². The summed E-state index contributed by atoms with van der Waals surface area (Å²) in [4.78, 5) is 11.7. The number of hydrogen-bond donors (Lipinski definition) is 1. The van der Waals surface area contributed by atoms with Crippen LogP contribution in [0.25, 0.3) is 0 Å². The molecule has 0 aliphatic heterocycles. The zero-order valence-electron chi connectivity index (χ0n) is 11.2. The van der Waals surface area contributed by atoms with E-state index in [9.17, 15) is 4.79 Å². The average Bonchev–Trinajstić information content (AvgIpc) is 2.30. The van der Waals surface area contributed by atoms with Crippen LogP contribution < -0.4 is 5.09 Å². The Morgan fingerprint density at radius 3 is 2.41 bits per heavy atom. The van der Waals surface area contributed by atoms with Crippen molar-refractivity contribution in [3.63, 3.8) is 0 Å². The van der Waals surface area contributed by atoms with Gasteiger partial charge >= 0.3 is 5.97 Å². The molecule has 0 saturated heterocycles. The highest BCUT2D eigenvalue weighted by molar-refractivity contribution is 7.52. The van der Waals surface area contributed by atoms with Crippen molar-refractivity contribution >= 4 is 25.8 Å². The Morgan fingerprint density at radius 2 is 2.00 bits per heavy atom. The Bertz CT molecular complexity index is 216. The molecule has 0 fully saturated rings. The number of nitrogens with one attached hydrogen (secondary N) is 1. The Hall–Kier alpha value is 0.110. The predicted octanol–water partition coefficient (Wildman–Crippen LogP) is 2.42. The number of alkyl halides is 1. The lowest BCUT2D eigenvalue weighted by Crippen LogP contribution is -2.38. The number of hydrogen-bond acceptors (Lipinski definition) is 4. The van der Waals surface area contributed by atoms with Gasteiger partial charge in [-0.15, -0.1) is 11.6 Å². The third-order valence-corrected chi connectivity index (χ3v) is 4.78. The molecule has 2 atom stereocenters. The normalized spacial score (nSPS) is 14.7. The summed E-state index contributed by atoms with van der Waals surface area (Å²) < 4.78 is 7.34. The highest BCUT2D eigenvalue weighted by atomic mass is 35.5. The van der Waals surface area contributed by atoms with Gasteiger partial charge in [-0.1, -0.05) is 13.8 Å². The van der Waals surface area contributed by atoms with Gasteiger partial charge in [0, 0.05) is 27.2 Å². The van der Waals surface area contributed by atoms with E-state index in [0.717, 1.165) is 13.1 Å². The molecular formula is C11H24ClN2O2P. The van der Waals surface area contributed by atoms with Crippen molar-refractivity contribution in [2.24, 2.45) is 0 Å². The first-order valence-electron chi connectivity index (χ1n) is 6.07. The van der Waals surface area contributed by atoms with Gasteiger partial charge in [0.2, 0.25) is 0 Å². The average molecular weight is 283 g/mol. The topological polar surface area (TPSA) is 41.6 Å². The number of ether oxygens (including phenoxy) is 1. The lowest BCUT2D eigenvalue weighted by atomic mass is 10.2. The maximum atomic E-state index is 11.7. The molecule has 6 heteroatoms. The van der Waals surface area contributed by atoms with Crippen LogP contribution in [0.1, 0.15) is 27.2 Å². The lowest BCUT2D eigenvalue weighted by molar-refractivity contribution is -0.145. The van der Waals surface area contributed by atoms with Crippen LogP contribution in [0.4, 0.5) is 0 Å². The van der Waals surface area contributed by atoms with Gasteiger partial charge in [0.25, 0.3) is 0 Å². The molecule has 4 nitrogen and oxygen atoms in total. The van der Waals surface area contributed by atoms with E-state index in [4.69, 9.17) is 16.3 Å². The first-order chi connectivity index (χ1) is 8.10.